The van der Waals surface area contributed by atoms with E-state index in [9.17, 15) is 9.59 Å². The SMILES string of the molecule is CC(C)C(NC(=O)c1cncnc1)C(=O)O. The lowest BCUT2D eigenvalue weighted by molar-refractivity contribution is -0.140. The van der Waals surface area contributed by atoms with Gasteiger partial charge in [0.25, 0.3) is 5.91 Å². The number of rotatable bonds is 4. The normalized spacial score (nSPS) is 12.2. The standard InChI is InChI=1S/C10H13N3O3/c1-6(2)8(10(15)16)13-9(14)7-3-11-5-12-4-7/h3-6,8H,1-2H3,(H,13,14)(H,15,16). The summed E-state index contributed by atoms with van der Waals surface area (Å²) >= 11 is 0. The minimum absolute atomic E-state index is 0.189. The van der Waals surface area contributed by atoms with E-state index in [2.05, 4.69) is 15.3 Å². The van der Waals surface area contributed by atoms with Gasteiger partial charge in [-0.1, -0.05) is 13.8 Å². The molecule has 16 heavy (non-hydrogen) atoms. The van der Waals surface area contributed by atoms with Gasteiger partial charge in [0.15, 0.2) is 0 Å². The second-order valence-electron chi connectivity index (χ2n) is 3.66. The molecule has 1 amide bonds. The summed E-state index contributed by atoms with van der Waals surface area (Å²) in [6.45, 7) is 3.45. The lowest BCUT2D eigenvalue weighted by Gasteiger charge is -2.17. The Morgan fingerprint density at radius 2 is 1.88 bits per heavy atom. The van der Waals surface area contributed by atoms with Crippen molar-refractivity contribution in [2.75, 3.05) is 0 Å². The van der Waals surface area contributed by atoms with Crippen molar-refractivity contribution in [3.63, 3.8) is 0 Å². The van der Waals surface area contributed by atoms with Crippen LogP contribution in [0.4, 0.5) is 0 Å². The molecular formula is C10H13N3O3. The smallest absolute Gasteiger partial charge is 0.326 e. The summed E-state index contributed by atoms with van der Waals surface area (Å²) in [5.41, 5.74) is 0.245. The number of aromatic nitrogens is 2. The third-order valence-electron chi connectivity index (χ3n) is 2.04. The summed E-state index contributed by atoms with van der Waals surface area (Å²) in [7, 11) is 0. The molecule has 0 saturated heterocycles. The molecule has 6 heteroatoms. The van der Waals surface area contributed by atoms with E-state index in [1.54, 1.807) is 13.8 Å². The molecule has 0 bridgehead atoms. The summed E-state index contributed by atoms with van der Waals surface area (Å²) < 4.78 is 0. The predicted molar refractivity (Wildman–Crippen MR) is 55.8 cm³/mol. The topological polar surface area (TPSA) is 92.2 Å². The van der Waals surface area contributed by atoms with Crippen molar-refractivity contribution < 1.29 is 14.7 Å². The van der Waals surface area contributed by atoms with Crippen LogP contribution >= 0.6 is 0 Å². The highest BCUT2D eigenvalue weighted by atomic mass is 16.4. The first-order chi connectivity index (χ1) is 7.52. The molecular weight excluding hydrogens is 210 g/mol. The summed E-state index contributed by atoms with van der Waals surface area (Å²) in [5.74, 6) is -1.73. The minimum atomic E-state index is -1.06. The van der Waals surface area contributed by atoms with Gasteiger partial charge < -0.3 is 10.4 Å². The maximum atomic E-state index is 11.6. The van der Waals surface area contributed by atoms with E-state index >= 15 is 0 Å². The molecule has 86 valence electrons. The van der Waals surface area contributed by atoms with Crippen LogP contribution in [0, 0.1) is 5.92 Å². The van der Waals surface area contributed by atoms with Crippen molar-refractivity contribution in [1.29, 1.82) is 0 Å². The van der Waals surface area contributed by atoms with Crippen molar-refractivity contribution in [3.05, 3.63) is 24.3 Å². The molecule has 0 aliphatic carbocycles. The summed E-state index contributed by atoms with van der Waals surface area (Å²) in [5, 5.41) is 11.3. The maximum Gasteiger partial charge on any atom is 0.326 e. The van der Waals surface area contributed by atoms with Crippen molar-refractivity contribution in [2.45, 2.75) is 19.9 Å². The Hall–Kier alpha value is -1.98. The average molecular weight is 223 g/mol. The number of amides is 1. The second-order valence-corrected chi connectivity index (χ2v) is 3.66. The fourth-order valence-electron chi connectivity index (χ4n) is 1.15. The fraction of sp³-hybridized carbons (Fsp3) is 0.400. The van der Waals surface area contributed by atoms with Crippen LogP contribution in [0.3, 0.4) is 0 Å². The largest absolute Gasteiger partial charge is 0.480 e. The molecule has 1 atom stereocenters. The number of aliphatic carboxylic acids is 1. The van der Waals surface area contributed by atoms with Gasteiger partial charge in [-0.2, -0.15) is 0 Å². The molecule has 0 fully saturated rings. The number of carbonyl (C=O) groups excluding carboxylic acids is 1. The van der Waals surface area contributed by atoms with Gasteiger partial charge in [0.1, 0.15) is 12.4 Å². The van der Waals surface area contributed by atoms with Crippen LogP contribution in [-0.2, 0) is 4.79 Å². The summed E-state index contributed by atoms with van der Waals surface area (Å²) in [6, 6.07) is -0.910. The van der Waals surface area contributed by atoms with E-state index < -0.39 is 17.9 Å². The van der Waals surface area contributed by atoms with Gasteiger partial charge in [-0.25, -0.2) is 14.8 Å². The van der Waals surface area contributed by atoms with Crippen LogP contribution in [0.5, 0.6) is 0 Å². The van der Waals surface area contributed by atoms with E-state index in [4.69, 9.17) is 5.11 Å². The molecule has 2 N–H and O–H groups in total. The number of hydrogen-bond donors (Lipinski definition) is 2. The first-order valence-corrected chi connectivity index (χ1v) is 4.81. The zero-order valence-corrected chi connectivity index (χ0v) is 9.04. The number of nitrogens with zero attached hydrogens (tertiary/aromatic N) is 2. The van der Waals surface area contributed by atoms with E-state index in [1.165, 1.54) is 18.7 Å². The Morgan fingerprint density at radius 1 is 1.31 bits per heavy atom. The van der Waals surface area contributed by atoms with Crippen molar-refractivity contribution in [1.82, 2.24) is 15.3 Å². The highest BCUT2D eigenvalue weighted by Crippen LogP contribution is 2.03. The Morgan fingerprint density at radius 3 is 2.31 bits per heavy atom. The van der Waals surface area contributed by atoms with Crippen LogP contribution in [-0.4, -0.2) is 33.0 Å². The molecule has 0 aliphatic rings. The van der Waals surface area contributed by atoms with Crippen LogP contribution in [0.25, 0.3) is 0 Å². The average Bonchev–Trinajstić information content (AvgIpc) is 2.25. The van der Waals surface area contributed by atoms with Gasteiger partial charge in [0.2, 0.25) is 0 Å². The van der Waals surface area contributed by atoms with Crippen LogP contribution in [0.1, 0.15) is 24.2 Å². The van der Waals surface area contributed by atoms with Gasteiger partial charge in [-0.05, 0) is 5.92 Å². The van der Waals surface area contributed by atoms with Crippen LogP contribution in [0.15, 0.2) is 18.7 Å². The highest BCUT2D eigenvalue weighted by molar-refractivity contribution is 5.96. The number of carboxylic acid groups (broad SMARTS) is 1. The molecule has 6 nitrogen and oxygen atoms in total. The highest BCUT2D eigenvalue weighted by Gasteiger charge is 2.23. The third-order valence-corrected chi connectivity index (χ3v) is 2.04. The van der Waals surface area contributed by atoms with Crippen molar-refractivity contribution in [3.8, 4) is 0 Å². The van der Waals surface area contributed by atoms with Crippen LogP contribution < -0.4 is 5.32 Å². The van der Waals surface area contributed by atoms with Gasteiger partial charge in [-0.3, -0.25) is 4.79 Å². The van der Waals surface area contributed by atoms with Gasteiger partial charge in [-0.15, -0.1) is 0 Å². The molecule has 1 rings (SSSR count). The van der Waals surface area contributed by atoms with Gasteiger partial charge >= 0.3 is 5.97 Å². The number of carbonyl (C=O) groups is 2. The quantitative estimate of drug-likeness (QED) is 0.766. The van der Waals surface area contributed by atoms with Crippen molar-refractivity contribution in [2.24, 2.45) is 5.92 Å². The lowest BCUT2D eigenvalue weighted by Crippen LogP contribution is -2.44. The monoisotopic (exact) mass is 223 g/mol. The third kappa shape index (κ3) is 3.01. The number of carboxylic acids is 1. The molecule has 0 radical (unpaired) electrons. The van der Waals surface area contributed by atoms with Gasteiger partial charge in [0, 0.05) is 12.4 Å². The van der Waals surface area contributed by atoms with E-state index in [-0.39, 0.29) is 11.5 Å². The van der Waals surface area contributed by atoms with E-state index in [1.807, 2.05) is 0 Å². The first-order valence-electron chi connectivity index (χ1n) is 4.81. The molecule has 0 spiro atoms. The Bertz CT molecular complexity index is 378. The second kappa shape index (κ2) is 5.20. The Labute approximate surface area is 92.7 Å². The molecule has 1 heterocycles. The predicted octanol–water partition coefficient (Wildman–Crippen LogP) is 0.316. The van der Waals surface area contributed by atoms with E-state index in [0.717, 1.165) is 0 Å². The maximum absolute atomic E-state index is 11.6. The molecule has 0 aliphatic heterocycles. The molecule has 1 aromatic rings. The zero-order chi connectivity index (χ0) is 12.1. The number of hydrogen-bond acceptors (Lipinski definition) is 4. The molecule has 1 unspecified atom stereocenters. The Balaban J connectivity index is 2.74. The first kappa shape index (κ1) is 12.1. The zero-order valence-electron chi connectivity index (χ0n) is 9.04. The van der Waals surface area contributed by atoms with Gasteiger partial charge in [0.05, 0.1) is 5.56 Å². The number of nitrogens with one attached hydrogen (secondary N) is 1. The van der Waals surface area contributed by atoms with Crippen molar-refractivity contribution >= 4 is 11.9 Å². The van der Waals surface area contributed by atoms with E-state index in [0.29, 0.717) is 0 Å². The minimum Gasteiger partial charge on any atom is -0.480 e. The molecule has 0 aromatic carbocycles. The molecule has 1 aromatic heterocycles. The van der Waals surface area contributed by atoms with Crippen LogP contribution in [0.2, 0.25) is 0 Å². The lowest BCUT2D eigenvalue weighted by atomic mass is 10.0. The summed E-state index contributed by atoms with van der Waals surface area (Å²) in [6.07, 6.45) is 3.97. The fourth-order valence-corrected chi connectivity index (χ4v) is 1.15. The summed E-state index contributed by atoms with van der Waals surface area (Å²) in [4.78, 5) is 29.8. The Kier molecular flexibility index (Phi) is 3.93. The molecule has 0 saturated carbocycles.